The first-order chi connectivity index (χ1) is 13.3. The maximum absolute atomic E-state index is 12.6. The number of Topliss-reactive ketones (excluding diaryl/α,β-unsaturated/α-hetero) is 1. The van der Waals surface area contributed by atoms with E-state index in [1.54, 1.807) is 30.5 Å². The predicted octanol–water partition coefficient (Wildman–Crippen LogP) is 4.81. The summed E-state index contributed by atoms with van der Waals surface area (Å²) in [6.45, 7) is 7.49. The van der Waals surface area contributed by atoms with Gasteiger partial charge in [0.15, 0.2) is 10.9 Å². The van der Waals surface area contributed by atoms with Gasteiger partial charge in [-0.2, -0.15) is 0 Å². The van der Waals surface area contributed by atoms with Crippen molar-refractivity contribution in [2.45, 2.75) is 38.1 Å². The Bertz CT molecular complexity index is 1010. The number of carbonyl (C=O) groups excluding carboxylic acids is 2. The summed E-state index contributed by atoms with van der Waals surface area (Å²) in [7, 11) is 0. The molecule has 3 rings (SSSR count). The van der Waals surface area contributed by atoms with E-state index in [-0.39, 0.29) is 16.9 Å². The molecule has 6 heteroatoms. The standard InChI is InChI=1S/C22H23N3O2S/c1-14-5-6-15(2)20(13-14)25-12-11-23-22(25)28-17(4)21(27)24-19-9-7-18(8-10-19)16(3)26/h5-13,17H,1-4H3,(H,24,27). The topological polar surface area (TPSA) is 64.0 Å². The number of rotatable bonds is 6. The van der Waals surface area contributed by atoms with Crippen molar-refractivity contribution in [2.24, 2.45) is 0 Å². The minimum absolute atomic E-state index is 0.0000728. The lowest BCUT2D eigenvalue weighted by atomic mass is 10.1. The molecule has 0 aliphatic rings. The van der Waals surface area contributed by atoms with Crippen LogP contribution in [-0.2, 0) is 4.79 Å². The number of benzene rings is 2. The average molecular weight is 394 g/mol. The van der Waals surface area contributed by atoms with E-state index in [2.05, 4.69) is 42.3 Å². The molecule has 0 bridgehead atoms. The van der Waals surface area contributed by atoms with Crippen LogP contribution in [0.3, 0.4) is 0 Å². The molecule has 1 heterocycles. The number of hydrogen-bond donors (Lipinski definition) is 1. The van der Waals surface area contributed by atoms with E-state index in [1.165, 1.54) is 24.2 Å². The van der Waals surface area contributed by atoms with Crippen LogP contribution in [0, 0.1) is 13.8 Å². The van der Waals surface area contributed by atoms with Crippen molar-refractivity contribution in [1.29, 1.82) is 0 Å². The largest absolute Gasteiger partial charge is 0.325 e. The number of amides is 1. The monoisotopic (exact) mass is 393 g/mol. The molecule has 0 radical (unpaired) electrons. The van der Waals surface area contributed by atoms with Crippen LogP contribution in [0.2, 0.25) is 0 Å². The summed E-state index contributed by atoms with van der Waals surface area (Å²) in [4.78, 5) is 28.4. The minimum atomic E-state index is -0.334. The molecule has 0 saturated heterocycles. The molecule has 1 amide bonds. The van der Waals surface area contributed by atoms with Crippen molar-refractivity contribution in [3.63, 3.8) is 0 Å². The van der Waals surface area contributed by atoms with Crippen LogP contribution in [0.4, 0.5) is 5.69 Å². The molecule has 1 aromatic heterocycles. The third kappa shape index (κ3) is 4.51. The van der Waals surface area contributed by atoms with Crippen molar-refractivity contribution >= 4 is 29.1 Å². The minimum Gasteiger partial charge on any atom is -0.325 e. The maximum Gasteiger partial charge on any atom is 0.237 e. The number of imidazole rings is 1. The molecule has 1 N–H and O–H groups in total. The van der Waals surface area contributed by atoms with Crippen LogP contribution in [0.5, 0.6) is 0 Å². The number of nitrogens with zero attached hydrogens (tertiary/aromatic N) is 2. The van der Waals surface area contributed by atoms with Crippen molar-refractivity contribution in [1.82, 2.24) is 9.55 Å². The predicted molar refractivity (Wildman–Crippen MR) is 113 cm³/mol. The van der Waals surface area contributed by atoms with E-state index in [1.807, 2.05) is 17.7 Å². The smallest absolute Gasteiger partial charge is 0.237 e. The van der Waals surface area contributed by atoms with Crippen molar-refractivity contribution in [3.05, 3.63) is 71.5 Å². The molecule has 1 atom stereocenters. The maximum atomic E-state index is 12.6. The Kier molecular flexibility index (Phi) is 5.99. The van der Waals surface area contributed by atoms with Gasteiger partial charge in [0.2, 0.25) is 5.91 Å². The van der Waals surface area contributed by atoms with Gasteiger partial charge in [0.25, 0.3) is 0 Å². The van der Waals surface area contributed by atoms with Gasteiger partial charge in [-0.3, -0.25) is 14.2 Å². The molecule has 0 fully saturated rings. The first-order valence-corrected chi connectivity index (χ1v) is 9.92. The second-order valence-corrected chi connectivity index (χ2v) is 8.06. The first-order valence-electron chi connectivity index (χ1n) is 9.04. The van der Waals surface area contributed by atoms with E-state index in [0.29, 0.717) is 11.3 Å². The summed E-state index contributed by atoms with van der Waals surface area (Å²) in [5.74, 6) is -0.115. The lowest BCUT2D eigenvalue weighted by Gasteiger charge is -2.15. The molecule has 0 spiro atoms. The molecule has 2 aromatic carbocycles. The molecule has 1 unspecified atom stereocenters. The SMILES string of the molecule is CC(=O)c1ccc(NC(=O)C(C)Sc2nccn2-c2cc(C)ccc2C)cc1. The Balaban J connectivity index is 1.72. The van der Waals surface area contributed by atoms with Crippen LogP contribution in [0.1, 0.15) is 35.3 Å². The summed E-state index contributed by atoms with van der Waals surface area (Å²) in [5, 5.41) is 3.32. The Morgan fingerprint density at radius 3 is 2.50 bits per heavy atom. The normalized spacial score (nSPS) is 11.9. The lowest BCUT2D eigenvalue weighted by Crippen LogP contribution is -2.22. The fourth-order valence-corrected chi connectivity index (χ4v) is 3.66. The Labute approximate surface area is 169 Å². The lowest BCUT2D eigenvalue weighted by molar-refractivity contribution is -0.115. The number of thioether (sulfide) groups is 1. The van der Waals surface area contributed by atoms with Gasteiger partial charge in [-0.25, -0.2) is 4.98 Å². The Hall–Kier alpha value is -2.86. The number of carbonyl (C=O) groups is 2. The number of nitrogens with one attached hydrogen (secondary N) is 1. The van der Waals surface area contributed by atoms with Gasteiger partial charge in [-0.15, -0.1) is 0 Å². The summed E-state index contributed by atoms with van der Waals surface area (Å²) in [5.41, 5.74) is 4.67. The summed E-state index contributed by atoms with van der Waals surface area (Å²) < 4.78 is 2.01. The molecule has 0 aliphatic carbocycles. The third-order valence-corrected chi connectivity index (χ3v) is 5.52. The number of anilines is 1. The van der Waals surface area contributed by atoms with Gasteiger partial charge in [0.05, 0.1) is 10.9 Å². The van der Waals surface area contributed by atoms with Gasteiger partial charge in [-0.05, 0) is 69.2 Å². The van der Waals surface area contributed by atoms with E-state index < -0.39 is 0 Å². The fourth-order valence-electron chi connectivity index (χ4n) is 2.78. The second-order valence-electron chi connectivity index (χ2n) is 6.75. The van der Waals surface area contributed by atoms with Crippen LogP contribution >= 0.6 is 11.8 Å². The van der Waals surface area contributed by atoms with Gasteiger partial charge < -0.3 is 5.32 Å². The molecule has 28 heavy (non-hydrogen) atoms. The first kappa shape index (κ1) is 19.9. The summed E-state index contributed by atoms with van der Waals surface area (Å²) in [6, 6.07) is 13.2. The zero-order chi connectivity index (χ0) is 20.3. The zero-order valence-corrected chi connectivity index (χ0v) is 17.2. The summed E-state index contributed by atoms with van der Waals surface area (Å²) >= 11 is 1.41. The van der Waals surface area contributed by atoms with Crippen LogP contribution in [0.25, 0.3) is 5.69 Å². The van der Waals surface area contributed by atoms with Crippen molar-refractivity contribution < 1.29 is 9.59 Å². The number of hydrogen-bond acceptors (Lipinski definition) is 4. The molecular formula is C22H23N3O2S. The van der Waals surface area contributed by atoms with Crippen LogP contribution < -0.4 is 5.32 Å². The average Bonchev–Trinajstić information content (AvgIpc) is 3.12. The second kappa shape index (κ2) is 8.44. The van der Waals surface area contributed by atoms with E-state index in [0.717, 1.165) is 16.4 Å². The molecule has 3 aromatic rings. The highest BCUT2D eigenvalue weighted by Gasteiger charge is 2.18. The number of aromatic nitrogens is 2. The number of aryl methyl sites for hydroxylation is 2. The highest BCUT2D eigenvalue weighted by atomic mass is 32.2. The van der Waals surface area contributed by atoms with E-state index >= 15 is 0 Å². The van der Waals surface area contributed by atoms with Crippen LogP contribution in [0.15, 0.2) is 60.0 Å². The zero-order valence-electron chi connectivity index (χ0n) is 16.4. The summed E-state index contributed by atoms with van der Waals surface area (Å²) in [6.07, 6.45) is 3.66. The molecular weight excluding hydrogens is 370 g/mol. The quantitative estimate of drug-likeness (QED) is 0.482. The molecule has 0 aliphatic heterocycles. The van der Waals surface area contributed by atoms with Crippen molar-refractivity contribution in [2.75, 3.05) is 5.32 Å². The molecule has 144 valence electrons. The third-order valence-electron chi connectivity index (χ3n) is 4.44. The molecule has 5 nitrogen and oxygen atoms in total. The Morgan fingerprint density at radius 2 is 1.82 bits per heavy atom. The van der Waals surface area contributed by atoms with Crippen LogP contribution in [-0.4, -0.2) is 26.5 Å². The Morgan fingerprint density at radius 1 is 1.11 bits per heavy atom. The van der Waals surface area contributed by atoms with Gasteiger partial charge in [-0.1, -0.05) is 23.9 Å². The van der Waals surface area contributed by atoms with Crippen molar-refractivity contribution in [3.8, 4) is 5.69 Å². The highest BCUT2D eigenvalue weighted by molar-refractivity contribution is 8.00. The van der Waals surface area contributed by atoms with E-state index in [9.17, 15) is 9.59 Å². The van der Waals surface area contributed by atoms with Gasteiger partial charge in [0, 0.05) is 23.6 Å². The fraction of sp³-hybridized carbons (Fsp3) is 0.227. The van der Waals surface area contributed by atoms with E-state index in [4.69, 9.17) is 0 Å². The molecule has 0 saturated carbocycles. The number of ketones is 1. The van der Waals surface area contributed by atoms with Gasteiger partial charge in [0.1, 0.15) is 0 Å². The highest BCUT2D eigenvalue weighted by Crippen LogP contribution is 2.27. The van der Waals surface area contributed by atoms with Gasteiger partial charge >= 0.3 is 0 Å².